The average molecular weight is 230 g/mol. The van der Waals surface area contributed by atoms with Crippen LogP contribution in [-0.2, 0) is 4.84 Å². The molecule has 0 unspecified atom stereocenters. The zero-order valence-electron chi connectivity index (χ0n) is 8.74. The third kappa shape index (κ3) is 2.98. The molecule has 4 nitrogen and oxygen atoms in total. The van der Waals surface area contributed by atoms with Crippen LogP contribution in [0.5, 0.6) is 0 Å². The van der Waals surface area contributed by atoms with E-state index in [9.17, 15) is 13.6 Å². The van der Waals surface area contributed by atoms with Crippen LogP contribution in [0.25, 0.3) is 0 Å². The first-order valence-electron chi connectivity index (χ1n) is 4.58. The minimum atomic E-state index is -1.05. The zero-order chi connectivity index (χ0) is 12.1. The van der Waals surface area contributed by atoms with Crippen LogP contribution in [0.2, 0.25) is 0 Å². The summed E-state index contributed by atoms with van der Waals surface area (Å²) in [5.41, 5.74) is 0.0819. The van der Waals surface area contributed by atoms with Gasteiger partial charge in [0, 0.05) is 19.2 Å². The lowest BCUT2D eigenvalue weighted by Gasteiger charge is -2.16. The van der Waals surface area contributed by atoms with E-state index in [0.29, 0.717) is 0 Å². The summed E-state index contributed by atoms with van der Waals surface area (Å²) in [6.07, 6.45) is 0. The number of likely N-dealkylation sites (N-methyl/N-ethyl adjacent to an activating group) is 1. The van der Waals surface area contributed by atoms with E-state index < -0.39 is 17.5 Å². The summed E-state index contributed by atoms with van der Waals surface area (Å²) < 4.78 is 25.5. The van der Waals surface area contributed by atoms with Crippen LogP contribution in [0.4, 0.5) is 8.78 Å². The molecule has 0 aliphatic heterocycles. The molecule has 88 valence electrons. The number of carbonyl (C=O) groups is 1. The number of amides is 1. The van der Waals surface area contributed by atoms with Crippen molar-refractivity contribution >= 4 is 5.91 Å². The lowest BCUT2D eigenvalue weighted by atomic mass is 10.2. The molecular formula is C10H12F2N2O2. The van der Waals surface area contributed by atoms with Crippen LogP contribution in [0, 0.1) is 11.6 Å². The standard InChI is InChI=1S/C10H12F2N2O2/c1-14(4-5-16-13)10(15)7-2-3-8(11)9(12)6-7/h2-3,6H,4-5,13H2,1H3. The lowest BCUT2D eigenvalue weighted by molar-refractivity contribution is 0.0696. The van der Waals surface area contributed by atoms with Gasteiger partial charge in [-0.15, -0.1) is 0 Å². The van der Waals surface area contributed by atoms with E-state index in [1.807, 2.05) is 0 Å². The van der Waals surface area contributed by atoms with Gasteiger partial charge >= 0.3 is 0 Å². The number of halogens is 2. The van der Waals surface area contributed by atoms with E-state index in [0.717, 1.165) is 12.1 Å². The van der Waals surface area contributed by atoms with E-state index in [-0.39, 0.29) is 18.7 Å². The van der Waals surface area contributed by atoms with Gasteiger partial charge in [0.25, 0.3) is 5.91 Å². The summed E-state index contributed by atoms with van der Waals surface area (Å²) in [6, 6.07) is 2.99. The van der Waals surface area contributed by atoms with Crippen molar-refractivity contribution < 1.29 is 18.4 Å². The van der Waals surface area contributed by atoms with Crippen LogP contribution < -0.4 is 5.90 Å². The molecule has 1 amide bonds. The molecule has 1 aromatic carbocycles. The van der Waals surface area contributed by atoms with Gasteiger partial charge in [-0.1, -0.05) is 0 Å². The molecule has 0 saturated heterocycles. The second-order valence-electron chi connectivity index (χ2n) is 3.23. The zero-order valence-corrected chi connectivity index (χ0v) is 8.74. The molecule has 0 spiro atoms. The van der Waals surface area contributed by atoms with Crippen LogP contribution in [-0.4, -0.2) is 31.0 Å². The molecule has 0 aromatic heterocycles. The van der Waals surface area contributed by atoms with Gasteiger partial charge in [0.2, 0.25) is 0 Å². The summed E-state index contributed by atoms with van der Waals surface area (Å²) in [5, 5.41) is 0. The Morgan fingerprint density at radius 2 is 2.12 bits per heavy atom. The minimum absolute atomic E-state index is 0.0819. The highest BCUT2D eigenvalue weighted by Gasteiger charge is 2.13. The summed E-state index contributed by atoms with van der Waals surface area (Å²) >= 11 is 0. The van der Waals surface area contributed by atoms with Gasteiger partial charge < -0.3 is 9.74 Å². The number of nitrogens with two attached hydrogens (primary N) is 1. The Kier molecular flexibility index (Phi) is 4.33. The number of carbonyl (C=O) groups excluding carboxylic acids is 1. The summed E-state index contributed by atoms with van der Waals surface area (Å²) in [5.74, 6) is 2.36. The SMILES string of the molecule is CN(CCON)C(=O)c1ccc(F)c(F)c1. The Morgan fingerprint density at radius 3 is 2.69 bits per heavy atom. The van der Waals surface area contributed by atoms with E-state index >= 15 is 0 Å². The number of hydrogen-bond acceptors (Lipinski definition) is 3. The van der Waals surface area contributed by atoms with E-state index in [2.05, 4.69) is 4.84 Å². The molecule has 1 rings (SSSR count). The molecule has 1 aromatic rings. The number of nitrogens with zero attached hydrogens (tertiary/aromatic N) is 1. The van der Waals surface area contributed by atoms with Crippen LogP contribution in [0.15, 0.2) is 18.2 Å². The molecule has 0 saturated carbocycles. The van der Waals surface area contributed by atoms with Gasteiger partial charge in [0.1, 0.15) is 0 Å². The van der Waals surface area contributed by atoms with Gasteiger partial charge in [0.05, 0.1) is 6.61 Å². The largest absolute Gasteiger partial charge is 0.339 e. The second-order valence-corrected chi connectivity index (χ2v) is 3.23. The fourth-order valence-electron chi connectivity index (χ4n) is 1.14. The maximum atomic E-state index is 12.9. The third-order valence-corrected chi connectivity index (χ3v) is 2.06. The van der Waals surface area contributed by atoms with Crippen molar-refractivity contribution in [2.24, 2.45) is 5.90 Å². The van der Waals surface area contributed by atoms with Gasteiger partial charge in [-0.3, -0.25) is 4.79 Å². The topological polar surface area (TPSA) is 55.6 Å². The average Bonchev–Trinajstić information content (AvgIpc) is 2.28. The number of benzene rings is 1. The molecule has 0 atom stereocenters. The monoisotopic (exact) mass is 230 g/mol. The fraction of sp³-hybridized carbons (Fsp3) is 0.300. The minimum Gasteiger partial charge on any atom is -0.339 e. The maximum Gasteiger partial charge on any atom is 0.253 e. The van der Waals surface area contributed by atoms with Crippen molar-refractivity contribution in [1.82, 2.24) is 4.90 Å². The molecule has 16 heavy (non-hydrogen) atoms. The predicted molar refractivity (Wildman–Crippen MR) is 53.5 cm³/mol. The van der Waals surface area contributed by atoms with Crippen molar-refractivity contribution in [1.29, 1.82) is 0 Å². The maximum absolute atomic E-state index is 12.9. The Morgan fingerprint density at radius 1 is 1.44 bits per heavy atom. The van der Waals surface area contributed by atoms with E-state index in [4.69, 9.17) is 5.90 Å². The van der Waals surface area contributed by atoms with E-state index in [1.54, 1.807) is 0 Å². The number of rotatable bonds is 4. The fourth-order valence-corrected chi connectivity index (χ4v) is 1.14. The summed E-state index contributed by atoms with van der Waals surface area (Å²) in [7, 11) is 1.52. The molecule has 0 radical (unpaired) electrons. The van der Waals surface area contributed by atoms with Crippen molar-refractivity contribution in [2.45, 2.75) is 0 Å². The van der Waals surface area contributed by atoms with Crippen LogP contribution in [0.1, 0.15) is 10.4 Å². The molecule has 0 aliphatic rings. The van der Waals surface area contributed by atoms with Crippen LogP contribution in [0.3, 0.4) is 0 Å². The first kappa shape index (κ1) is 12.5. The highest BCUT2D eigenvalue weighted by molar-refractivity contribution is 5.94. The second kappa shape index (κ2) is 5.53. The van der Waals surface area contributed by atoms with Crippen molar-refractivity contribution in [3.05, 3.63) is 35.4 Å². The van der Waals surface area contributed by atoms with E-state index in [1.165, 1.54) is 18.0 Å². The molecule has 0 aliphatic carbocycles. The van der Waals surface area contributed by atoms with Gasteiger partial charge in [-0.05, 0) is 18.2 Å². The highest BCUT2D eigenvalue weighted by Crippen LogP contribution is 2.10. The first-order valence-corrected chi connectivity index (χ1v) is 4.58. The van der Waals surface area contributed by atoms with Crippen molar-refractivity contribution in [2.75, 3.05) is 20.2 Å². The third-order valence-electron chi connectivity index (χ3n) is 2.06. The predicted octanol–water partition coefficient (Wildman–Crippen LogP) is 0.927. The molecule has 6 heteroatoms. The Bertz CT molecular complexity index is 385. The highest BCUT2D eigenvalue weighted by atomic mass is 19.2. The molecule has 0 heterocycles. The van der Waals surface area contributed by atoms with Gasteiger partial charge in [0.15, 0.2) is 11.6 Å². The summed E-state index contributed by atoms with van der Waals surface area (Å²) in [6.45, 7) is 0.445. The Hall–Kier alpha value is -1.53. The van der Waals surface area contributed by atoms with Crippen molar-refractivity contribution in [3.63, 3.8) is 0 Å². The smallest absolute Gasteiger partial charge is 0.253 e. The molecule has 2 N–H and O–H groups in total. The molecular weight excluding hydrogens is 218 g/mol. The quantitative estimate of drug-likeness (QED) is 0.783. The molecule has 0 fully saturated rings. The van der Waals surface area contributed by atoms with Crippen molar-refractivity contribution in [3.8, 4) is 0 Å². The lowest BCUT2D eigenvalue weighted by Crippen LogP contribution is -2.30. The number of hydrogen-bond donors (Lipinski definition) is 1. The van der Waals surface area contributed by atoms with Crippen LogP contribution >= 0.6 is 0 Å². The Balaban J connectivity index is 2.76. The normalized spacial score (nSPS) is 10.2. The Labute approximate surface area is 91.6 Å². The van der Waals surface area contributed by atoms with Gasteiger partial charge in [-0.2, -0.15) is 0 Å². The first-order chi connectivity index (χ1) is 7.56. The molecule has 0 bridgehead atoms. The summed E-state index contributed by atoms with van der Waals surface area (Å²) in [4.78, 5) is 17.3. The van der Waals surface area contributed by atoms with Gasteiger partial charge in [-0.25, -0.2) is 14.7 Å².